The molecule has 6 heteroatoms. The molecule has 3 aliphatic rings. The summed E-state index contributed by atoms with van der Waals surface area (Å²) in [7, 11) is 0. The van der Waals surface area contributed by atoms with Crippen molar-refractivity contribution in [3.05, 3.63) is 175 Å². The first kappa shape index (κ1) is 31.3. The molecular formula is C49H33B2NO2S. The van der Waals surface area contributed by atoms with Gasteiger partial charge < -0.3 is 13.7 Å². The molecule has 2 aromatic heterocycles. The second kappa shape index (κ2) is 11.5. The molecule has 0 saturated carbocycles. The van der Waals surface area contributed by atoms with Gasteiger partial charge in [-0.1, -0.05) is 152 Å². The summed E-state index contributed by atoms with van der Waals surface area (Å²) in [5, 5.41) is 2.27. The van der Waals surface area contributed by atoms with Crippen LogP contribution in [0.2, 0.25) is 0 Å². The monoisotopic (exact) mass is 721 g/mol. The molecule has 0 unspecified atom stereocenters. The number of fused-ring (bicyclic) bond motifs is 11. The molecule has 0 N–H and O–H groups in total. The highest BCUT2D eigenvalue weighted by Gasteiger charge is 2.47. The zero-order chi connectivity index (χ0) is 36.4. The highest BCUT2D eigenvalue weighted by molar-refractivity contribution is 7.99. The fourth-order valence-corrected chi connectivity index (χ4v) is 10.8. The summed E-state index contributed by atoms with van der Waals surface area (Å²) in [5.41, 5.74) is 17.4. The van der Waals surface area contributed by atoms with E-state index in [2.05, 4.69) is 183 Å². The van der Waals surface area contributed by atoms with Gasteiger partial charge in [-0.05, 0) is 81.7 Å². The van der Waals surface area contributed by atoms with Gasteiger partial charge in [-0.3, -0.25) is 0 Å². The molecule has 3 nitrogen and oxygen atoms in total. The average molecular weight is 721 g/mol. The molecule has 0 amide bonds. The van der Waals surface area contributed by atoms with Crippen LogP contribution >= 0.6 is 11.8 Å². The van der Waals surface area contributed by atoms with Crippen molar-refractivity contribution in [3.8, 4) is 11.1 Å². The van der Waals surface area contributed by atoms with E-state index in [1.54, 1.807) is 0 Å². The lowest BCUT2D eigenvalue weighted by molar-refractivity contribution is 0.647. The average Bonchev–Trinajstić information content (AvgIpc) is 3.87. The number of para-hydroxylation sites is 4. The molecule has 55 heavy (non-hydrogen) atoms. The number of nitrogens with zero attached hydrogens (tertiary/aromatic N) is 1. The minimum absolute atomic E-state index is 0.118. The molecule has 12 rings (SSSR count). The molecule has 2 aliphatic heterocycles. The van der Waals surface area contributed by atoms with Crippen LogP contribution in [0.15, 0.2) is 182 Å². The van der Waals surface area contributed by atoms with Crippen LogP contribution < -0.4 is 38.1 Å². The standard InChI is InChI=1S/C49H33B2NO2S/c1-49(2)37-16-6-3-13-33(37)34-28-25-31(29-38(34)49)51-46-36-15-5-10-20-42(36)53-47(46)50(45-35-14-4-9-19-41(35)54-48(45)51)30-23-26-32(27-24-30)52-39-17-7-11-21-43(39)55-44-22-12-8-18-40(44)52/h3-29H,1-2H3. The van der Waals surface area contributed by atoms with Crippen molar-refractivity contribution in [2.45, 2.75) is 29.1 Å². The van der Waals surface area contributed by atoms with Crippen LogP contribution in [0.3, 0.4) is 0 Å². The Labute approximate surface area is 324 Å². The summed E-state index contributed by atoms with van der Waals surface area (Å²) in [6.07, 6.45) is 0. The number of anilines is 3. The molecule has 0 fully saturated rings. The Morgan fingerprint density at radius 2 is 1.00 bits per heavy atom. The molecule has 4 heterocycles. The number of hydrogen-bond acceptors (Lipinski definition) is 4. The first-order valence-electron chi connectivity index (χ1n) is 19.1. The van der Waals surface area contributed by atoms with Crippen LogP contribution in [0, 0.1) is 0 Å². The van der Waals surface area contributed by atoms with E-state index < -0.39 is 0 Å². The summed E-state index contributed by atoms with van der Waals surface area (Å²) in [4.78, 5) is 4.90. The van der Waals surface area contributed by atoms with Gasteiger partial charge >= 0.3 is 0 Å². The molecule has 9 aromatic rings. The van der Waals surface area contributed by atoms with Crippen LogP contribution in [0.5, 0.6) is 0 Å². The maximum absolute atomic E-state index is 7.06. The molecule has 0 bridgehead atoms. The number of furan rings is 2. The number of hydrogen-bond donors (Lipinski definition) is 0. The van der Waals surface area contributed by atoms with E-state index in [1.165, 1.54) is 65.3 Å². The summed E-state index contributed by atoms with van der Waals surface area (Å²) in [6, 6.07) is 59.5. The first-order chi connectivity index (χ1) is 27.0. The maximum atomic E-state index is 7.06. The van der Waals surface area contributed by atoms with Gasteiger partial charge in [-0.2, -0.15) is 0 Å². The van der Waals surface area contributed by atoms with Gasteiger partial charge in [0.05, 0.1) is 22.7 Å². The van der Waals surface area contributed by atoms with Crippen molar-refractivity contribution in [1.82, 2.24) is 0 Å². The van der Waals surface area contributed by atoms with Crippen LogP contribution in [0.4, 0.5) is 17.1 Å². The van der Waals surface area contributed by atoms with Crippen molar-refractivity contribution >= 4 is 97.4 Å². The largest absolute Gasteiger partial charge is 0.471 e. The topological polar surface area (TPSA) is 29.5 Å². The summed E-state index contributed by atoms with van der Waals surface area (Å²) in [5.74, 6) is 0. The zero-order valence-electron chi connectivity index (χ0n) is 30.4. The van der Waals surface area contributed by atoms with Gasteiger partial charge in [0.25, 0.3) is 13.4 Å². The highest BCUT2D eigenvalue weighted by Crippen LogP contribution is 2.51. The van der Waals surface area contributed by atoms with Gasteiger partial charge in [0, 0.05) is 31.7 Å². The first-order valence-corrected chi connectivity index (χ1v) is 19.9. The minimum Gasteiger partial charge on any atom is -0.471 e. The Morgan fingerprint density at radius 1 is 0.491 bits per heavy atom. The Hall–Kier alpha value is -6.10. The smallest absolute Gasteiger partial charge is 0.290 e. The Balaban J connectivity index is 1.06. The van der Waals surface area contributed by atoms with E-state index >= 15 is 0 Å². The Kier molecular flexibility index (Phi) is 6.51. The van der Waals surface area contributed by atoms with E-state index in [1.807, 2.05) is 11.8 Å². The fraction of sp³-hybridized carbons (Fsp3) is 0.0612. The van der Waals surface area contributed by atoms with Crippen LogP contribution in [-0.4, -0.2) is 13.4 Å². The highest BCUT2D eigenvalue weighted by atomic mass is 32.2. The molecule has 7 aromatic carbocycles. The molecule has 0 saturated heterocycles. The van der Waals surface area contributed by atoms with Crippen molar-refractivity contribution in [2.75, 3.05) is 4.90 Å². The molecule has 0 atom stereocenters. The van der Waals surface area contributed by atoms with Gasteiger partial charge in [-0.25, -0.2) is 0 Å². The Bertz CT molecular complexity index is 2980. The fourth-order valence-electron chi connectivity index (χ4n) is 9.79. The van der Waals surface area contributed by atoms with Crippen molar-refractivity contribution < 1.29 is 8.83 Å². The summed E-state index contributed by atoms with van der Waals surface area (Å²) < 4.78 is 14.1. The third kappa shape index (κ3) is 4.37. The third-order valence-electron chi connectivity index (χ3n) is 12.3. The predicted molar refractivity (Wildman–Crippen MR) is 231 cm³/mol. The van der Waals surface area contributed by atoms with Gasteiger partial charge in [0.1, 0.15) is 11.2 Å². The normalized spacial score (nSPS) is 14.7. The molecule has 0 radical (unpaired) electrons. The van der Waals surface area contributed by atoms with Crippen molar-refractivity contribution in [3.63, 3.8) is 0 Å². The maximum Gasteiger partial charge on any atom is 0.290 e. The molecule has 258 valence electrons. The molecular weight excluding hydrogens is 688 g/mol. The number of benzene rings is 7. The van der Waals surface area contributed by atoms with Crippen molar-refractivity contribution in [2.24, 2.45) is 0 Å². The Morgan fingerprint density at radius 3 is 1.65 bits per heavy atom. The van der Waals surface area contributed by atoms with E-state index in [0.717, 1.165) is 38.9 Å². The SMILES string of the molecule is CC1(C)c2ccccc2-c2ccc(B3c4oc5ccccc5c4B(c4ccc(N5c6ccccc6Sc6ccccc65)cc4)c4oc5ccccc5c43)cc21. The van der Waals surface area contributed by atoms with E-state index in [-0.39, 0.29) is 18.8 Å². The second-order valence-electron chi connectivity index (χ2n) is 15.6. The van der Waals surface area contributed by atoms with Crippen molar-refractivity contribution in [1.29, 1.82) is 0 Å². The van der Waals surface area contributed by atoms with Gasteiger partial charge in [0.2, 0.25) is 0 Å². The summed E-state index contributed by atoms with van der Waals surface area (Å²) >= 11 is 1.83. The lowest BCUT2D eigenvalue weighted by Gasteiger charge is -2.33. The predicted octanol–water partition coefficient (Wildman–Crippen LogP) is 8.77. The molecule has 1 aliphatic carbocycles. The van der Waals surface area contributed by atoms with Crippen LogP contribution in [0.1, 0.15) is 25.0 Å². The third-order valence-corrected chi connectivity index (χ3v) is 13.4. The van der Waals surface area contributed by atoms with E-state index in [4.69, 9.17) is 8.83 Å². The summed E-state index contributed by atoms with van der Waals surface area (Å²) in [6.45, 7) is 4.42. The van der Waals surface area contributed by atoms with E-state index in [9.17, 15) is 0 Å². The zero-order valence-corrected chi connectivity index (χ0v) is 31.2. The minimum atomic E-state index is -0.155. The molecule has 0 spiro atoms. The lowest BCUT2D eigenvalue weighted by atomic mass is 9.24. The second-order valence-corrected chi connectivity index (χ2v) is 16.6. The van der Waals surface area contributed by atoms with E-state index in [0.29, 0.717) is 0 Å². The van der Waals surface area contributed by atoms with Gasteiger partial charge in [0.15, 0.2) is 0 Å². The van der Waals surface area contributed by atoms with Crippen LogP contribution in [-0.2, 0) is 5.41 Å². The van der Waals surface area contributed by atoms with Gasteiger partial charge in [-0.15, -0.1) is 0 Å². The number of rotatable bonds is 3. The van der Waals surface area contributed by atoms with Crippen LogP contribution in [0.25, 0.3) is 33.1 Å². The lowest BCUT2D eigenvalue weighted by Crippen LogP contribution is -2.73. The quantitative estimate of drug-likeness (QED) is 0.171.